The Morgan fingerprint density at radius 1 is 1.55 bits per heavy atom. The molecule has 1 atom stereocenters. The summed E-state index contributed by atoms with van der Waals surface area (Å²) in [7, 11) is 3.52. The van der Waals surface area contributed by atoms with Crippen LogP contribution in [0.5, 0.6) is 0 Å². The van der Waals surface area contributed by atoms with Crippen molar-refractivity contribution in [3.63, 3.8) is 0 Å². The van der Waals surface area contributed by atoms with E-state index >= 15 is 0 Å². The molecule has 1 spiro atoms. The topological polar surface area (TPSA) is 57.7 Å². The Balaban J connectivity index is 1.47. The zero-order valence-electron chi connectivity index (χ0n) is 13.2. The number of nitrogens with zero attached hydrogens (tertiary/aromatic N) is 3. The maximum atomic E-state index is 11.7. The van der Waals surface area contributed by atoms with E-state index in [0.717, 1.165) is 38.9 Å². The summed E-state index contributed by atoms with van der Waals surface area (Å²) in [6.07, 6.45) is 4.86. The van der Waals surface area contributed by atoms with E-state index in [1.807, 2.05) is 11.6 Å². The van der Waals surface area contributed by atoms with Crippen LogP contribution >= 0.6 is 11.3 Å². The molecule has 0 saturated carbocycles. The third kappa shape index (κ3) is 3.59. The summed E-state index contributed by atoms with van der Waals surface area (Å²) in [5.41, 5.74) is -0.0381. The molecule has 22 heavy (non-hydrogen) atoms. The van der Waals surface area contributed by atoms with E-state index in [-0.39, 0.29) is 17.7 Å². The molecule has 2 aliphatic rings. The Kier molecular flexibility index (Phi) is 4.65. The Morgan fingerprint density at radius 3 is 2.95 bits per heavy atom. The first-order chi connectivity index (χ1) is 10.6. The lowest BCUT2D eigenvalue weighted by atomic mass is 9.87. The summed E-state index contributed by atoms with van der Waals surface area (Å²) in [6.45, 7) is 3.64. The first-order valence-corrected chi connectivity index (χ1v) is 8.67. The van der Waals surface area contributed by atoms with Crippen LogP contribution in [-0.4, -0.2) is 66.2 Å². The molecule has 2 amide bonds. The van der Waals surface area contributed by atoms with Gasteiger partial charge in [0.2, 0.25) is 0 Å². The summed E-state index contributed by atoms with van der Waals surface area (Å²) in [5.74, 6) is 0. The summed E-state index contributed by atoms with van der Waals surface area (Å²) >= 11 is 1.71. The first kappa shape index (κ1) is 15.7. The second-order valence-corrected chi connectivity index (χ2v) is 7.42. The molecule has 0 aliphatic carbocycles. The molecule has 3 heterocycles. The molecule has 2 aliphatic heterocycles. The Bertz CT molecular complexity index is 498. The van der Waals surface area contributed by atoms with Crippen molar-refractivity contribution >= 4 is 17.4 Å². The quantitative estimate of drug-likeness (QED) is 0.916. The number of urea groups is 1. The Labute approximate surface area is 135 Å². The van der Waals surface area contributed by atoms with Gasteiger partial charge in [-0.25, -0.2) is 9.78 Å². The maximum absolute atomic E-state index is 11.7. The number of carbonyl (C=O) groups excluding carboxylic acids is 1. The van der Waals surface area contributed by atoms with E-state index < -0.39 is 0 Å². The predicted molar refractivity (Wildman–Crippen MR) is 85.9 cm³/mol. The Hall–Kier alpha value is -1.18. The standard InChI is InChI=1S/C15H24N4O2S/c1-18(2)14(20)17-12-9-15(21-11-12)3-6-19(7-4-15)10-13-16-5-8-22-13/h5,8,12H,3-4,6-7,9-11H2,1-2H3,(H,17,20). The molecule has 1 unspecified atom stereocenters. The third-order valence-corrected chi connectivity index (χ3v) is 5.32. The van der Waals surface area contributed by atoms with Gasteiger partial charge in [0.25, 0.3) is 0 Å². The van der Waals surface area contributed by atoms with E-state index in [1.54, 1.807) is 30.3 Å². The normalized spacial score (nSPS) is 24.5. The molecule has 6 nitrogen and oxygen atoms in total. The first-order valence-electron chi connectivity index (χ1n) is 7.79. The number of carbonyl (C=O) groups is 1. The van der Waals surface area contributed by atoms with E-state index in [0.29, 0.717) is 6.61 Å². The molecule has 7 heteroatoms. The van der Waals surface area contributed by atoms with Crippen molar-refractivity contribution in [2.75, 3.05) is 33.8 Å². The minimum absolute atomic E-state index is 0.0353. The zero-order chi connectivity index (χ0) is 15.6. The number of amides is 2. The van der Waals surface area contributed by atoms with Crippen molar-refractivity contribution < 1.29 is 9.53 Å². The van der Waals surface area contributed by atoms with Gasteiger partial charge in [0.15, 0.2) is 0 Å². The van der Waals surface area contributed by atoms with Crippen LogP contribution in [0, 0.1) is 0 Å². The van der Waals surface area contributed by atoms with E-state index in [1.165, 1.54) is 5.01 Å². The molecule has 1 N–H and O–H groups in total. The van der Waals surface area contributed by atoms with Crippen molar-refractivity contribution in [2.24, 2.45) is 0 Å². The fraction of sp³-hybridized carbons (Fsp3) is 0.733. The van der Waals surface area contributed by atoms with E-state index in [9.17, 15) is 4.79 Å². The lowest BCUT2D eigenvalue weighted by Crippen LogP contribution is -2.45. The SMILES string of the molecule is CN(C)C(=O)NC1COC2(CCN(Cc3nccs3)CC2)C1. The Morgan fingerprint density at radius 2 is 2.32 bits per heavy atom. The van der Waals surface area contributed by atoms with Crippen molar-refractivity contribution in [1.29, 1.82) is 0 Å². The molecule has 1 aromatic rings. The second kappa shape index (κ2) is 6.52. The van der Waals surface area contributed by atoms with Crippen molar-refractivity contribution in [2.45, 2.75) is 37.5 Å². The van der Waals surface area contributed by atoms with Gasteiger partial charge in [-0.2, -0.15) is 0 Å². The molecule has 3 rings (SSSR count). The van der Waals surface area contributed by atoms with Gasteiger partial charge in [-0.1, -0.05) is 0 Å². The highest BCUT2D eigenvalue weighted by molar-refractivity contribution is 7.09. The number of likely N-dealkylation sites (tertiary alicyclic amines) is 1. The largest absolute Gasteiger partial charge is 0.373 e. The van der Waals surface area contributed by atoms with Crippen LogP contribution in [0.15, 0.2) is 11.6 Å². The molecule has 0 radical (unpaired) electrons. The smallest absolute Gasteiger partial charge is 0.317 e. The molecule has 2 saturated heterocycles. The van der Waals surface area contributed by atoms with Crippen LogP contribution in [0.4, 0.5) is 4.79 Å². The minimum Gasteiger partial charge on any atom is -0.373 e. The molecule has 2 fully saturated rings. The minimum atomic E-state index is -0.0381. The van der Waals surface area contributed by atoms with Crippen LogP contribution in [-0.2, 0) is 11.3 Å². The van der Waals surface area contributed by atoms with Crippen LogP contribution in [0.2, 0.25) is 0 Å². The monoisotopic (exact) mass is 324 g/mol. The molecule has 1 aromatic heterocycles. The highest BCUT2D eigenvalue weighted by Crippen LogP contribution is 2.36. The van der Waals surface area contributed by atoms with Crippen molar-refractivity contribution in [3.8, 4) is 0 Å². The predicted octanol–water partition coefficient (Wildman–Crippen LogP) is 1.54. The summed E-state index contributed by atoms with van der Waals surface area (Å²) in [6, 6.07) is 0.104. The molecular formula is C15H24N4O2S. The second-order valence-electron chi connectivity index (χ2n) is 6.44. The zero-order valence-corrected chi connectivity index (χ0v) is 14.1. The van der Waals surface area contributed by atoms with Crippen LogP contribution in [0.25, 0.3) is 0 Å². The summed E-state index contributed by atoms with van der Waals surface area (Å²) in [4.78, 5) is 20.1. The van der Waals surface area contributed by atoms with Gasteiger partial charge in [0.1, 0.15) is 5.01 Å². The van der Waals surface area contributed by atoms with Gasteiger partial charge in [-0.3, -0.25) is 4.90 Å². The van der Waals surface area contributed by atoms with E-state index in [2.05, 4.69) is 15.2 Å². The number of hydrogen-bond acceptors (Lipinski definition) is 5. The number of aromatic nitrogens is 1. The van der Waals surface area contributed by atoms with E-state index in [4.69, 9.17) is 4.74 Å². The van der Waals surface area contributed by atoms with Gasteiger partial charge in [-0.05, 0) is 19.3 Å². The highest BCUT2D eigenvalue weighted by atomic mass is 32.1. The number of hydrogen-bond donors (Lipinski definition) is 1. The number of nitrogens with one attached hydrogen (secondary N) is 1. The van der Waals surface area contributed by atoms with Crippen LogP contribution < -0.4 is 5.32 Å². The summed E-state index contributed by atoms with van der Waals surface area (Å²) < 4.78 is 6.09. The van der Waals surface area contributed by atoms with Crippen molar-refractivity contribution in [1.82, 2.24) is 20.1 Å². The average molecular weight is 324 g/mol. The number of ether oxygens (including phenoxy) is 1. The van der Waals surface area contributed by atoms with Gasteiger partial charge in [0, 0.05) is 38.8 Å². The van der Waals surface area contributed by atoms with Gasteiger partial charge in [-0.15, -0.1) is 11.3 Å². The highest BCUT2D eigenvalue weighted by Gasteiger charge is 2.43. The maximum Gasteiger partial charge on any atom is 0.317 e. The van der Waals surface area contributed by atoms with Gasteiger partial charge >= 0.3 is 6.03 Å². The number of rotatable bonds is 3. The van der Waals surface area contributed by atoms with Crippen molar-refractivity contribution in [3.05, 3.63) is 16.6 Å². The molecule has 0 aromatic carbocycles. The fourth-order valence-electron chi connectivity index (χ4n) is 3.23. The van der Waals surface area contributed by atoms with Crippen LogP contribution in [0.1, 0.15) is 24.3 Å². The lowest BCUT2D eigenvalue weighted by molar-refractivity contribution is -0.0449. The average Bonchev–Trinajstić information content (AvgIpc) is 3.12. The fourth-order valence-corrected chi connectivity index (χ4v) is 3.89. The molecule has 122 valence electrons. The molecule has 0 bridgehead atoms. The number of thiazole rings is 1. The summed E-state index contributed by atoms with van der Waals surface area (Å²) in [5, 5.41) is 6.24. The van der Waals surface area contributed by atoms with Crippen LogP contribution in [0.3, 0.4) is 0 Å². The lowest BCUT2D eigenvalue weighted by Gasteiger charge is -2.38. The number of piperidine rings is 1. The van der Waals surface area contributed by atoms with Gasteiger partial charge in [0.05, 0.1) is 24.8 Å². The molecular weight excluding hydrogens is 300 g/mol. The third-order valence-electron chi connectivity index (χ3n) is 4.55. The van der Waals surface area contributed by atoms with Gasteiger partial charge < -0.3 is 15.0 Å².